The Labute approximate surface area is 127 Å². The molecule has 0 bridgehead atoms. The summed E-state index contributed by atoms with van der Waals surface area (Å²) < 4.78 is 26.6. The van der Waals surface area contributed by atoms with Crippen molar-refractivity contribution in [2.45, 2.75) is 17.6 Å². The van der Waals surface area contributed by atoms with Gasteiger partial charge in [0, 0.05) is 6.54 Å². The van der Waals surface area contributed by atoms with E-state index >= 15 is 0 Å². The molecular formula is C14H15NO4S2. The van der Waals surface area contributed by atoms with Crippen molar-refractivity contribution in [1.29, 1.82) is 0 Å². The maximum atomic E-state index is 12.6. The van der Waals surface area contributed by atoms with Crippen LogP contribution in [0.5, 0.6) is 0 Å². The van der Waals surface area contributed by atoms with Crippen molar-refractivity contribution >= 4 is 33.0 Å². The number of hydrogen-bond donors (Lipinski definition) is 1. The summed E-state index contributed by atoms with van der Waals surface area (Å²) in [5, 5.41) is 10.5. The smallest absolute Gasteiger partial charge is 0.305 e. The number of nitrogens with zero attached hydrogens (tertiary/aromatic N) is 1. The first-order chi connectivity index (χ1) is 9.91. The van der Waals surface area contributed by atoms with Gasteiger partial charge in [0.2, 0.25) is 0 Å². The number of carbonyl (C=O) groups is 1. The second kappa shape index (κ2) is 6.28. The van der Waals surface area contributed by atoms with Crippen LogP contribution in [0.2, 0.25) is 0 Å². The van der Waals surface area contributed by atoms with Crippen molar-refractivity contribution in [3.05, 3.63) is 47.3 Å². The average Bonchev–Trinajstić information content (AvgIpc) is 2.95. The Hall–Kier alpha value is -1.86. The fourth-order valence-corrected chi connectivity index (χ4v) is 4.39. The first-order valence-electron chi connectivity index (χ1n) is 6.26. The summed E-state index contributed by atoms with van der Waals surface area (Å²) in [5.41, 5.74) is 1.47. The zero-order valence-electron chi connectivity index (χ0n) is 11.4. The number of sulfonamides is 1. The number of aliphatic carboxylic acids is 1. The van der Waals surface area contributed by atoms with Crippen LogP contribution in [-0.2, 0) is 14.8 Å². The van der Waals surface area contributed by atoms with Gasteiger partial charge in [-0.15, -0.1) is 11.3 Å². The number of carboxylic acids is 1. The lowest BCUT2D eigenvalue weighted by molar-refractivity contribution is -0.136. The Bertz CT molecular complexity index is 706. The highest BCUT2D eigenvalue weighted by Crippen LogP contribution is 2.27. The summed E-state index contributed by atoms with van der Waals surface area (Å²) >= 11 is 1.11. The third-order valence-corrected chi connectivity index (χ3v) is 6.09. The van der Waals surface area contributed by atoms with Gasteiger partial charge >= 0.3 is 5.97 Å². The molecule has 21 heavy (non-hydrogen) atoms. The van der Waals surface area contributed by atoms with Crippen molar-refractivity contribution in [3.8, 4) is 0 Å². The molecule has 0 amide bonds. The highest BCUT2D eigenvalue weighted by atomic mass is 32.2. The van der Waals surface area contributed by atoms with Gasteiger partial charge in [0.1, 0.15) is 4.21 Å². The molecule has 1 aromatic carbocycles. The molecule has 0 aliphatic rings. The SMILES string of the molecule is Cc1ccc(N(CCC(=O)O)S(=O)(=O)c2cccs2)cc1. The van der Waals surface area contributed by atoms with Gasteiger partial charge in [-0.05, 0) is 30.5 Å². The van der Waals surface area contributed by atoms with Gasteiger partial charge in [0.05, 0.1) is 12.1 Å². The fourth-order valence-electron chi connectivity index (χ4n) is 1.82. The zero-order chi connectivity index (χ0) is 15.5. The van der Waals surface area contributed by atoms with Crippen LogP contribution in [0.15, 0.2) is 46.0 Å². The van der Waals surface area contributed by atoms with E-state index in [9.17, 15) is 13.2 Å². The Balaban J connectivity index is 2.41. The lowest BCUT2D eigenvalue weighted by Gasteiger charge is -2.23. The van der Waals surface area contributed by atoms with E-state index in [1.54, 1.807) is 35.7 Å². The van der Waals surface area contributed by atoms with Crippen molar-refractivity contribution in [1.82, 2.24) is 0 Å². The number of benzene rings is 1. The minimum Gasteiger partial charge on any atom is -0.481 e. The first kappa shape index (κ1) is 15.5. The Morgan fingerprint density at radius 2 is 1.90 bits per heavy atom. The maximum Gasteiger partial charge on any atom is 0.305 e. The number of carboxylic acid groups (broad SMARTS) is 1. The van der Waals surface area contributed by atoms with Crippen molar-refractivity contribution in [2.24, 2.45) is 0 Å². The minimum atomic E-state index is -3.73. The lowest BCUT2D eigenvalue weighted by atomic mass is 10.2. The van der Waals surface area contributed by atoms with E-state index in [2.05, 4.69) is 0 Å². The highest BCUT2D eigenvalue weighted by molar-refractivity contribution is 7.94. The maximum absolute atomic E-state index is 12.6. The van der Waals surface area contributed by atoms with Gasteiger partial charge in [-0.2, -0.15) is 0 Å². The quantitative estimate of drug-likeness (QED) is 0.886. The molecule has 0 spiro atoms. The predicted molar refractivity (Wildman–Crippen MR) is 82.3 cm³/mol. The van der Waals surface area contributed by atoms with E-state index in [0.717, 1.165) is 21.2 Å². The Kier molecular flexibility index (Phi) is 4.64. The van der Waals surface area contributed by atoms with E-state index in [0.29, 0.717) is 5.69 Å². The van der Waals surface area contributed by atoms with Crippen LogP contribution in [0.1, 0.15) is 12.0 Å². The van der Waals surface area contributed by atoms with Crippen LogP contribution in [0.4, 0.5) is 5.69 Å². The Morgan fingerprint density at radius 3 is 2.43 bits per heavy atom. The van der Waals surface area contributed by atoms with Gasteiger partial charge in [-0.3, -0.25) is 9.10 Å². The van der Waals surface area contributed by atoms with E-state index < -0.39 is 16.0 Å². The minimum absolute atomic E-state index is 0.0986. The first-order valence-corrected chi connectivity index (χ1v) is 8.58. The van der Waals surface area contributed by atoms with Crippen LogP contribution in [0.25, 0.3) is 0 Å². The van der Waals surface area contributed by atoms with E-state index in [1.165, 1.54) is 6.07 Å². The monoisotopic (exact) mass is 325 g/mol. The van der Waals surface area contributed by atoms with Gasteiger partial charge < -0.3 is 5.11 Å². The Morgan fingerprint density at radius 1 is 1.24 bits per heavy atom. The number of anilines is 1. The van der Waals surface area contributed by atoms with Crippen LogP contribution >= 0.6 is 11.3 Å². The summed E-state index contributed by atoms with van der Waals surface area (Å²) in [7, 11) is -3.73. The zero-order valence-corrected chi connectivity index (χ0v) is 13.0. The van der Waals surface area contributed by atoms with Crippen LogP contribution in [-0.4, -0.2) is 26.0 Å². The normalized spacial score (nSPS) is 11.3. The molecule has 7 heteroatoms. The van der Waals surface area contributed by atoms with Crippen molar-refractivity contribution in [3.63, 3.8) is 0 Å². The van der Waals surface area contributed by atoms with Gasteiger partial charge in [0.25, 0.3) is 10.0 Å². The molecule has 0 saturated carbocycles. The summed E-state index contributed by atoms with van der Waals surface area (Å²) in [6.07, 6.45) is -0.252. The third kappa shape index (κ3) is 3.62. The third-order valence-electron chi connectivity index (χ3n) is 2.89. The highest BCUT2D eigenvalue weighted by Gasteiger charge is 2.26. The topological polar surface area (TPSA) is 74.7 Å². The second-order valence-corrected chi connectivity index (χ2v) is 7.53. The second-order valence-electron chi connectivity index (χ2n) is 4.49. The van der Waals surface area contributed by atoms with Crippen LogP contribution in [0.3, 0.4) is 0 Å². The van der Waals surface area contributed by atoms with Crippen molar-refractivity contribution < 1.29 is 18.3 Å². The average molecular weight is 325 g/mol. The molecule has 1 heterocycles. The standard InChI is InChI=1S/C14H15NO4S2/c1-11-4-6-12(7-5-11)15(9-8-13(16)17)21(18,19)14-3-2-10-20-14/h2-7,10H,8-9H2,1H3,(H,16,17). The summed E-state index contributed by atoms with van der Waals surface area (Å²) in [5.74, 6) is -1.03. The van der Waals surface area contributed by atoms with E-state index in [1.807, 2.05) is 6.92 Å². The molecule has 0 saturated heterocycles. The fraction of sp³-hybridized carbons (Fsp3) is 0.214. The lowest BCUT2D eigenvalue weighted by Crippen LogP contribution is -2.32. The molecule has 0 unspecified atom stereocenters. The number of hydrogen-bond acceptors (Lipinski definition) is 4. The molecule has 2 rings (SSSR count). The number of aryl methyl sites for hydroxylation is 1. The molecule has 1 N–H and O–H groups in total. The summed E-state index contributed by atoms with van der Waals surface area (Å²) in [4.78, 5) is 10.8. The number of thiophene rings is 1. The molecule has 0 fully saturated rings. The number of rotatable bonds is 6. The van der Waals surface area contributed by atoms with E-state index in [-0.39, 0.29) is 17.2 Å². The van der Waals surface area contributed by atoms with Gasteiger partial charge in [0.15, 0.2) is 0 Å². The van der Waals surface area contributed by atoms with Crippen LogP contribution < -0.4 is 4.31 Å². The predicted octanol–water partition coefficient (Wildman–Crippen LogP) is 2.73. The molecular weight excluding hydrogens is 310 g/mol. The molecule has 0 radical (unpaired) electrons. The molecule has 1 aromatic heterocycles. The van der Waals surface area contributed by atoms with Gasteiger partial charge in [-0.1, -0.05) is 23.8 Å². The molecule has 0 atom stereocenters. The molecule has 112 valence electrons. The van der Waals surface area contributed by atoms with Crippen molar-refractivity contribution in [2.75, 3.05) is 10.8 Å². The van der Waals surface area contributed by atoms with Gasteiger partial charge in [-0.25, -0.2) is 8.42 Å². The summed E-state index contributed by atoms with van der Waals surface area (Å²) in [6.45, 7) is 1.80. The molecule has 0 aliphatic carbocycles. The van der Waals surface area contributed by atoms with E-state index in [4.69, 9.17) is 5.11 Å². The molecule has 2 aromatic rings. The molecule has 5 nitrogen and oxygen atoms in total. The summed E-state index contributed by atoms with van der Waals surface area (Å²) in [6, 6.07) is 10.1. The molecule has 0 aliphatic heterocycles. The van der Waals surface area contributed by atoms with Crippen LogP contribution in [0, 0.1) is 6.92 Å². The largest absolute Gasteiger partial charge is 0.481 e.